The Kier molecular flexibility index (Phi) is 4.15. The van der Waals surface area contributed by atoms with Crippen LogP contribution in [0, 0.1) is 13.8 Å². The number of rotatable bonds is 2. The van der Waals surface area contributed by atoms with Crippen molar-refractivity contribution in [3.8, 4) is 0 Å². The van der Waals surface area contributed by atoms with Crippen LogP contribution in [0.3, 0.4) is 0 Å². The Labute approximate surface area is 149 Å². The molecule has 0 spiro atoms. The summed E-state index contributed by atoms with van der Waals surface area (Å²) in [6.45, 7) is 4.41. The Balaban J connectivity index is 1.71. The number of benzene rings is 1. The van der Waals surface area contributed by atoms with Gasteiger partial charge in [0, 0.05) is 17.8 Å². The monoisotopic (exact) mass is 362 g/mol. The summed E-state index contributed by atoms with van der Waals surface area (Å²) in [4.78, 5) is 17.0. The van der Waals surface area contributed by atoms with Gasteiger partial charge in [-0.3, -0.25) is 9.69 Å². The second-order valence-electron chi connectivity index (χ2n) is 7.85. The average molecular weight is 362 g/mol. The fraction of sp³-hybridized carbons (Fsp3) is 0.632. The standard InChI is InChI=1S/C19H26N2O3S/c1-13-7-8-16(9-14(13)2)21-18-12-25(23,24)11-17(18)20(10-19(21)22)15-5-3-4-6-15/h7-9,15,17-18H,3-6,10-12H2,1-2H3/t17-,18+/m0/s1. The van der Waals surface area contributed by atoms with Gasteiger partial charge in [-0.1, -0.05) is 18.9 Å². The highest BCUT2D eigenvalue weighted by Gasteiger charge is 2.51. The molecule has 2 saturated heterocycles. The third-order valence-corrected chi connectivity index (χ3v) is 7.90. The number of aryl methyl sites for hydroxylation is 2. The zero-order chi connectivity index (χ0) is 17.8. The van der Waals surface area contributed by atoms with E-state index in [4.69, 9.17) is 0 Å². The van der Waals surface area contributed by atoms with E-state index in [2.05, 4.69) is 4.90 Å². The molecule has 1 aliphatic carbocycles. The molecule has 3 fully saturated rings. The maximum Gasteiger partial charge on any atom is 0.241 e. The molecule has 1 aromatic carbocycles. The number of fused-ring (bicyclic) bond motifs is 1. The van der Waals surface area contributed by atoms with Crippen molar-refractivity contribution < 1.29 is 13.2 Å². The lowest BCUT2D eigenvalue weighted by atomic mass is 9.99. The molecule has 1 amide bonds. The van der Waals surface area contributed by atoms with Crippen molar-refractivity contribution in [1.82, 2.24) is 4.90 Å². The summed E-state index contributed by atoms with van der Waals surface area (Å²) in [7, 11) is -3.11. The zero-order valence-corrected chi connectivity index (χ0v) is 15.8. The predicted octanol–water partition coefficient (Wildman–Crippen LogP) is 2.06. The number of amides is 1. The van der Waals surface area contributed by atoms with Crippen LogP contribution in [0.5, 0.6) is 0 Å². The SMILES string of the molecule is Cc1ccc(N2C(=O)CN(C3CCCC3)[C@H]3CS(=O)(=O)C[C@H]32)cc1C. The normalized spacial score (nSPS) is 30.0. The van der Waals surface area contributed by atoms with Crippen LogP contribution in [0.1, 0.15) is 36.8 Å². The van der Waals surface area contributed by atoms with Gasteiger partial charge in [0.1, 0.15) is 0 Å². The average Bonchev–Trinajstić information content (AvgIpc) is 3.16. The van der Waals surface area contributed by atoms with Crippen LogP contribution in [0.4, 0.5) is 5.69 Å². The smallest absolute Gasteiger partial charge is 0.241 e. The van der Waals surface area contributed by atoms with E-state index in [0.717, 1.165) is 24.1 Å². The highest BCUT2D eigenvalue weighted by Crippen LogP contribution is 2.36. The molecule has 2 aliphatic heterocycles. The number of nitrogens with zero attached hydrogens (tertiary/aromatic N) is 2. The van der Waals surface area contributed by atoms with E-state index in [1.54, 1.807) is 4.90 Å². The topological polar surface area (TPSA) is 57.7 Å². The maximum atomic E-state index is 13.0. The Hall–Kier alpha value is -1.40. The van der Waals surface area contributed by atoms with Gasteiger partial charge >= 0.3 is 0 Å². The lowest BCUT2D eigenvalue weighted by molar-refractivity contribution is -0.124. The van der Waals surface area contributed by atoms with Crippen LogP contribution in [-0.2, 0) is 14.6 Å². The molecule has 0 N–H and O–H groups in total. The number of hydrogen-bond acceptors (Lipinski definition) is 4. The lowest BCUT2D eigenvalue weighted by Gasteiger charge is -2.46. The first kappa shape index (κ1) is 17.0. The Morgan fingerprint density at radius 3 is 2.36 bits per heavy atom. The molecular weight excluding hydrogens is 336 g/mol. The number of anilines is 1. The summed E-state index contributed by atoms with van der Waals surface area (Å²) in [5, 5.41) is 0. The van der Waals surface area contributed by atoms with Crippen molar-refractivity contribution in [2.75, 3.05) is 23.0 Å². The predicted molar refractivity (Wildman–Crippen MR) is 98.6 cm³/mol. The third-order valence-electron chi connectivity index (χ3n) is 6.20. The van der Waals surface area contributed by atoms with Gasteiger partial charge in [-0.05, 0) is 49.9 Å². The summed E-state index contributed by atoms with van der Waals surface area (Å²) in [6, 6.07) is 6.03. The maximum absolute atomic E-state index is 13.0. The molecule has 0 radical (unpaired) electrons. The fourth-order valence-electron chi connectivity index (χ4n) is 4.76. The molecule has 0 unspecified atom stereocenters. The summed E-state index contributed by atoms with van der Waals surface area (Å²) in [5.41, 5.74) is 3.14. The molecule has 6 heteroatoms. The first-order valence-corrected chi connectivity index (χ1v) is 11.0. The highest BCUT2D eigenvalue weighted by atomic mass is 32.2. The summed E-state index contributed by atoms with van der Waals surface area (Å²) < 4.78 is 24.8. The molecule has 2 atom stereocenters. The largest absolute Gasteiger partial charge is 0.306 e. The van der Waals surface area contributed by atoms with E-state index in [9.17, 15) is 13.2 Å². The van der Waals surface area contributed by atoms with Crippen molar-refractivity contribution in [2.24, 2.45) is 0 Å². The molecule has 0 aromatic heterocycles. The number of carbonyl (C=O) groups is 1. The molecule has 5 nitrogen and oxygen atoms in total. The first-order chi connectivity index (χ1) is 11.9. The molecule has 136 valence electrons. The van der Waals surface area contributed by atoms with Gasteiger partial charge in [0.05, 0.1) is 24.1 Å². The van der Waals surface area contributed by atoms with E-state index >= 15 is 0 Å². The van der Waals surface area contributed by atoms with Crippen molar-refractivity contribution in [3.63, 3.8) is 0 Å². The molecule has 1 saturated carbocycles. The number of hydrogen-bond donors (Lipinski definition) is 0. The molecule has 2 heterocycles. The van der Waals surface area contributed by atoms with Gasteiger partial charge in [0.2, 0.25) is 5.91 Å². The van der Waals surface area contributed by atoms with Crippen molar-refractivity contribution in [2.45, 2.75) is 57.7 Å². The molecule has 4 rings (SSSR count). The van der Waals surface area contributed by atoms with E-state index in [0.29, 0.717) is 12.6 Å². The number of carbonyl (C=O) groups excluding carboxylic acids is 1. The van der Waals surface area contributed by atoms with Gasteiger partial charge in [-0.2, -0.15) is 0 Å². The van der Waals surface area contributed by atoms with Crippen molar-refractivity contribution in [1.29, 1.82) is 0 Å². The third kappa shape index (κ3) is 2.99. The minimum Gasteiger partial charge on any atom is -0.306 e. The van der Waals surface area contributed by atoms with Gasteiger partial charge < -0.3 is 4.90 Å². The highest BCUT2D eigenvalue weighted by molar-refractivity contribution is 7.91. The van der Waals surface area contributed by atoms with Gasteiger partial charge in [-0.25, -0.2) is 8.42 Å². The Morgan fingerprint density at radius 1 is 1.00 bits per heavy atom. The van der Waals surface area contributed by atoms with E-state index in [1.165, 1.54) is 18.4 Å². The van der Waals surface area contributed by atoms with Gasteiger partial charge in [0.25, 0.3) is 0 Å². The van der Waals surface area contributed by atoms with Crippen LogP contribution in [0.2, 0.25) is 0 Å². The van der Waals surface area contributed by atoms with Crippen molar-refractivity contribution >= 4 is 21.4 Å². The molecular formula is C19H26N2O3S. The molecule has 25 heavy (non-hydrogen) atoms. The van der Waals surface area contributed by atoms with Crippen LogP contribution in [0.25, 0.3) is 0 Å². The Morgan fingerprint density at radius 2 is 1.68 bits per heavy atom. The number of piperazine rings is 1. The van der Waals surface area contributed by atoms with Crippen LogP contribution in [-0.4, -0.2) is 55.4 Å². The summed E-state index contributed by atoms with van der Waals surface area (Å²) in [6.07, 6.45) is 4.53. The molecule has 3 aliphatic rings. The molecule has 0 bridgehead atoms. The van der Waals surface area contributed by atoms with Crippen molar-refractivity contribution in [3.05, 3.63) is 29.3 Å². The van der Waals surface area contributed by atoms with E-state index in [-0.39, 0.29) is 29.5 Å². The van der Waals surface area contributed by atoms with E-state index in [1.807, 2.05) is 32.0 Å². The minimum absolute atomic E-state index is 0.0357. The zero-order valence-electron chi connectivity index (χ0n) is 14.9. The fourth-order valence-corrected chi connectivity index (χ4v) is 6.72. The first-order valence-electron chi connectivity index (χ1n) is 9.21. The van der Waals surface area contributed by atoms with Crippen LogP contribution >= 0.6 is 0 Å². The van der Waals surface area contributed by atoms with Crippen LogP contribution in [0.15, 0.2) is 18.2 Å². The summed E-state index contributed by atoms with van der Waals surface area (Å²) in [5.74, 6) is 0.302. The quantitative estimate of drug-likeness (QED) is 0.808. The lowest BCUT2D eigenvalue weighted by Crippen LogP contribution is -2.64. The van der Waals surface area contributed by atoms with Crippen LogP contribution < -0.4 is 4.90 Å². The molecule has 1 aromatic rings. The minimum atomic E-state index is -3.11. The van der Waals surface area contributed by atoms with Gasteiger partial charge in [0.15, 0.2) is 9.84 Å². The Bertz CT molecular complexity index is 799. The second kappa shape index (κ2) is 6.09. The number of sulfone groups is 1. The summed E-state index contributed by atoms with van der Waals surface area (Å²) >= 11 is 0. The second-order valence-corrected chi connectivity index (χ2v) is 10.0. The van der Waals surface area contributed by atoms with E-state index < -0.39 is 9.84 Å². The van der Waals surface area contributed by atoms with Gasteiger partial charge in [-0.15, -0.1) is 0 Å².